The Morgan fingerprint density at radius 1 is 1.10 bits per heavy atom. The van der Waals surface area contributed by atoms with E-state index in [0.717, 1.165) is 21.7 Å². The lowest BCUT2D eigenvalue weighted by molar-refractivity contribution is 0.104. The lowest BCUT2D eigenvalue weighted by Crippen LogP contribution is -2.04. The number of nitrogen functional groups attached to an aromatic ring is 1. The third-order valence-corrected chi connectivity index (χ3v) is 3.68. The number of ketones is 1. The second-order valence-corrected chi connectivity index (χ2v) is 4.97. The summed E-state index contributed by atoms with van der Waals surface area (Å²) in [5.74, 6) is -0.130. The van der Waals surface area contributed by atoms with Gasteiger partial charge in [-0.3, -0.25) is 4.79 Å². The van der Waals surface area contributed by atoms with Gasteiger partial charge in [-0.1, -0.05) is 36.9 Å². The third-order valence-electron chi connectivity index (χ3n) is 3.68. The quantitative estimate of drug-likeness (QED) is 0.324. The Morgan fingerprint density at radius 2 is 1.75 bits per heavy atom. The summed E-state index contributed by atoms with van der Waals surface area (Å²) in [4.78, 5) is 12.0. The van der Waals surface area contributed by atoms with Crippen molar-refractivity contribution in [1.29, 1.82) is 0 Å². The second-order valence-electron chi connectivity index (χ2n) is 4.97. The first-order chi connectivity index (χ1) is 9.61. The second kappa shape index (κ2) is 4.49. The van der Waals surface area contributed by atoms with E-state index >= 15 is 0 Å². The normalized spacial score (nSPS) is 10.8. The lowest BCUT2D eigenvalue weighted by Gasteiger charge is -2.12. The van der Waals surface area contributed by atoms with Crippen molar-refractivity contribution < 1.29 is 4.79 Å². The summed E-state index contributed by atoms with van der Waals surface area (Å²) >= 11 is 0. The first-order valence-corrected chi connectivity index (χ1v) is 6.50. The molecule has 0 unspecified atom stereocenters. The summed E-state index contributed by atoms with van der Waals surface area (Å²) in [6.07, 6.45) is 1.31. The van der Waals surface area contributed by atoms with Crippen molar-refractivity contribution in [3.63, 3.8) is 0 Å². The van der Waals surface area contributed by atoms with E-state index in [0.29, 0.717) is 11.3 Å². The van der Waals surface area contributed by atoms with Gasteiger partial charge in [-0.25, -0.2) is 0 Å². The van der Waals surface area contributed by atoms with Crippen molar-refractivity contribution in [3.8, 4) is 0 Å². The minimum absolute atomic E-state index is 0.130. The van der Waals surface area contributed by atoms with Crippen LogP contribution in [0.1, 0.15) is 15.9 Å². The number of hydrogen-bond donors (Lipinski definition) is 1. The van der Waals surface area contributed by atoms with Crippen LogP contribution in [0.25, 0.3) is 21.5 Å². The number of carbonyl (C=O) groups excluding carboxylic acids is 1. The molecule has 2 N–H and O–H groups in total. The first kappa shape index (κ1) is 12.4. The molecule has 0 aliphatic carbocycles. The Morgan fingerprint density at radius 3 is 2.40 bits per heavy atom. The van der Waals surface area contributed by atoms with E-state index in [1.54, 1.807) is 0 Å². The van der Waals surface area contributed by atoms with E-state index in [1.807, 2.05) is 37.3 Å². The van der Waals surface area contributed by atoms with Crippen LogP contribution in [0.15, 0.2) is 55.1 Å². The van der Waals surface area contributed by atoms with E-state index < -0.39 is 0 Å². The van der Waals surface area contributed by atoms with E-state index in [1.165, 1.54) is 11.5 Å². The highest BCUT2D eigenvalue weighted by Crippen LogP contribution is 2.32. The predicted molar refractivity (Wildman–Crippen MR) is 85.1 cm³/mol. The molecule has 0 bridgehead atoms. The van der Waals surface area contributed by atoms with Crippen LogP contribution in [0.4, 0.5) is 5.69 Å². The number of allylic oxidation sites excluding steroid dienone is 1. The van der Waals surface area contributed by atoms with Crippen molar-refractivity contribution in [1.82, 2.24) is 0 Å². The fourth-order valence-electron chi connectivity index (χ4n) is 2.69. The maximum atomic E-state index is 12.0. The summed E-state index contributed by atoms with van der Waals surface area (Å²) < 4.78 is 0. The molecule has 0 aliphatic heterocycles. The third kappa shape index (κ3) is 1.77. The van der Waals surface area contributed by atoms with Gasteiger partial charge in [0, 0.05) is 10.9 Å². The summed E-state index contributed by atoms with van der Waals surface area (Å²) in [6, 6.07) is 14.3. The zero-order chi connectivity index (χ0) is 14.3. The van der Waals surface area contributed by atoms with Gasteiger partial charge in [0.2, 0.25) is 0 Å². The van der Waals surface area contributed by atoms with Gasteiger partial charge in [-0.15, -0.1) is 0 Å². The Labute approximate surface area is 117 Å². The molecule has 0 fully saturated rings. The minimum atomic E-state index is -0.130. The molecule has 0 radical (unpaired) electrons. The fourth-order valence-corrected chi connectivity index (χ4v) is 2.69. The smallest absolute Gasteiger partial charge is 0.187 e. The highest BCUT2D eigenvalue weighted by molar-refractivity contribution is 6.15. The SMILES string of the molecule is C=CC(=O)c1c(C)cc2cc3ccccc3cc2c1N. The van der Waals surface area contributed by atoms with Crippen LogP contribution < -0.4 is 5.73 Å². The predicted octanol–water partition coefficient (Wildman–Crippen LogP) is 4.25. The maximum absolute atomic E-state index is 12.0. The highest BCUT2D eigenvalue weighted by Gasteiger charge is 2.13. The summed E-state index contributed by atoms with van der Waals surface area (Å²) in [7, 11) is 0. The van der Waals surface area contributed by atoms with Crippen LogP contribution >= 0.6 is 0 Å². The van der Waals surface area contributed by atoms with Gasteiger partial charge in [0.05, 0.1) is 5.69 Å². The molecular formula is C18H15NO. The van der Waals surface area contributed by atoms with Gasteiger partial charge in [-0.05, 0) is 46.9 Å². The van der Waals surface area contributed by atoms with Gasteiger partial charge >= 0.3 is 0 Å². The molecule has 0 aromatic heterocycles. The van der Waals surface area contributed by atoms with Gasteiger partial charge in [0.1, 0.15) is 0 Å². The summed E-state index contributed by atoms with van der Waals surface area (Å²) in [5.41, 5.74) is 8.20. The van der Waals surface area contributed by atoms with Gasteiger partial charge < -0.3 is 5.73 Å². The topological polar surface area (TPSA) is 43.1 Å². The molecule has 0 saturated heterocycles. The zero-order valence-electron chi connectivity index (χ0n) is 11.3. The van der Waals surface area contributed by atoms with Crippen LogP contribution in [0.5, 0.6) is 0 Å². The monoisotopic (exact) mass is 261 g/mol. The maximum Gasteiger partial charge on any atom is 0.187 e. The standard InChI is InChI=1S/C18H15NO/c1-3-16(20)17-11(2)8-14-9-12-6-4-5-7-13(12)10-15(14)18(17)19/h3-10H,1,19H2,2H3. The highest BCUT2D eigenvalue weighted by atomic mass is 16.1. The van der Waals surface area contributed by atoms with E-state index in [2.05, 4.69) is 18.7 Å². The first-order valence-electron chi connectivity index (χ1n) is 6.50. The number of anilines is 1. The molecule has 98 valence electrons. The summed E-state index contributed by atoms with van der Waals surface area (Å²) in [6.45, 7) is 5.45. The zero-order valence-corrected chi connectivity index (χ0v) is 11.3. The van der Waals surface area contributed by atoms with Crippen LogP contribution in [0.3, 0.4) is 0 Å². The van der Waals surface area contributed by atoms with Crippen molar-refractivity contribution in [2.75, 3.05) is 5.73 Å². The largest absolute Gasteiger partial charge is 0.398 e. The van der Waals surface area contributed by atoms with Gasteiger partial charge in [-0.2, -0.15) is 0 Å². The van der Waals surface area contributed by atoms with E-state index in [4.69, 9.17) is 5.73 Å². The Hall–Kier alpha value is -2.61. The number of aryl methyl sites for hydroxylation is 1. The van der Waals surface area contributed by atoms with E-state index in [9.17, 15) is 4.79 Å². The Kier molecular flexibility index (Phi) is 2.79. The fraction of sp³-hybridized carbons (Fsp3) is 0.0556. The molecule has 2 heteroatoms. The minimum Gasteiger partial charge on any atom is -0.398 e. The molecule has 3 aromatic rings. The molecule has 0 heterocycles. The van der Waals surface area contributed by atoms with Crippen LogP contribution in [0.2, 0.25) is 0 Å². The average Bonchev–Trinajstić information content (AvgIpc) is 2.45. The van der Waals surface area contributed by atoms with Crippen molar-refractivity contribution in [3.05, 3.63) is 66.2 Å². The van der Waals surface area contributed by atoms with Crippen LogP contribution in [0, 0.1) is 6.92 Å². The van der Waals surface area contributed by atoms with Gasteiger partial charge in [0.25, 0.3) is 0 Å². The van der Waals surface area contributed by atoms with Crippen LogP contribution in [-0.4, -0.2) is 5.78 Å². The Balaban J connectivity index is 2.44. The molecular weight excluding hydrogens is 246 g/mol. The number of benzene rings is 3. The van der Waals surface area contributed by atoms with Crippen molar-refractivity contribution in [2.24, 2.45) is 0 Å². The molecule has 0 saturated carbocycles. The average molecular weight is 261 g/mol. The lowest BCUT2D eigenvalue weighted by atomic mass is 9.94. The molecule has 2 nitrogen and oxygen atoms in total. The number of rotatable bonds is 2. The molecule has 0 amide bonds. The van der Waals surface area contributed by atoms with Crippen LogP contribution in [-0.2, 0) is 0 Å². The molecule has 0 spiro atoms. The molecule has 0 aliphatic rings. The number of fused-ring (bicyclic) bond motifs is 2. The molecule has 20 heavy (non-hydrogen) atoms. The van der Waals surface area contributed by atoms with E-state index in [-0.39, 0.29) is 5.78 Å². The number of nitrogens with two attached hydrogens (primary N) is 1. The molecule has 3 rings (SSSR count). The van der Waals surface area contributed by atoms with Gasteiger partial charge in [0.15, 0.2) is 5.78 Å². The summed E-state index contributed by atoms with van der Waals surface area (Å²) in [5, 5.41) is 4.26. The number of carbonyl (C=O) groups is 1. The number of hydrogen-bond acceptors (Lipinski definition) is 2. The molecule has 3 aromatic carbocycles. The van der Waals surface area contributed by atoms with Crippen molar-refractivity contribution >= 4 is 33.0 Å². The Bertz CT molecular complexity index is 862. The van der Waals surface area contributed by atoms with Crippen molar-refractivity contribution in [2.45, 2.75) is 6.92 Å². The molecule has 0 atom stereocenters.